The first-order valence-electron chi connectivity index (χ1n) is 6.97. The molecule has 2 rings (SSSR count). The number of hydrogen-bond donors (Lipinski definition) is 7. The molecule has 2 aliphatic rings. The molecule has 0 aliphatic carbocycles. The smallest absolute Gasteiger partial charge is 0.187 e. The molecule has 0 amide bonds. The summed E-state index contributed by atoms with van der Waals surface area (Å²) in [5.41, 5.74) is 0. The van der Waals surface area contributed by atoms with Gasteiger partial charge in [0.25, 0.3) is 0 Å². The third-order valence-corrected chi connectivity index (χ3v) is 3.84. The van der Waals surface area contributed by atoms with Crippen LogP contribution in [0.25, 0.3) is 0 Å². The Balaban J connectivity index is 2.07. The Kier molecular flexibility index (Phi) is 6.07. The van der Waals surface area contributed by atoms with Crippen molar-refractivity contribution >= 4 is 0 Å². The van der Waals surface area contributed by atoms with E-state index in [4.69, 9.17) is 19.3 Å². The summed E-state index contributed by atoms with van der Waals surface area (Å²) in [6, 6.07) is 0. The largest absolute Gasteiger partial charge is 0.394 e. The molecule has 7 N–H and O–H groups in total. The van der Waals surface area contributed by atoms with E-state index < -0.39 is 68.5 Å². The lowest BCUT2D eigenvalue weighted by atomic mass is 9.98. The van der Waals surface area contributed by atoms with Crippen LogP contribution in [0.5, 0.6) is 0 Å². The molecule has 10 nitrogen and oxygen atoms in total. The van der Waals surface area contributed by atoms with E-state index in [0.29, 0.717) is 0 Å². The average Bonchev–Trinajstić information content (AvgIpc) is 2.49. The van der Waals surface area contributed by atoms with Crippen molar-refractivity contribution in [2.45, 2.75) is 61.7 Å². The van der Waals surface area contributed by atoms with Gasteiger partial charge in [-0.15, -0.1) is 0 Å². The van der Waals surface area contributed by atoms with Crippen LogP contribution in [-0.4, -0.2) is 104 Å². The van der Waals surface area contributed by atoms with Gasteiger partial charge in [0.2, 0.25) is 0 Å². The highest BCUT2D eigenvalue weighted by Crippen LogP contribution is 2.28. The highest BCUT2D eigenvalue weighted by Gasteiger charge is 2.47. The van der Waals surface area contributed by atoms with Gasteiger partial charge in [0.05, 0.1) is 19.3 Å². The van der Waals surface area contributed by atoms with Gasteiger partial charge in [0.1, 0.15) is 36.6 Å². The van der Waals surface area contributed by atoms with Gasteiger partial charge < -0.3 is 50.0 Å². The fourth-order valence-corrected chi connectivity index (χ4v) is 2.58. The number of hydrogen-bond acceptors (Lipinski definition) is 10. The summed E-state index contributed by atoms with van der Waals surface area (Å²) in [4.78, 5) is 0. The summed E-state index contributed by atoms with van der Waals surface area (Å²) in [5.74, 6) is 0. The second-order valence-electron chi connectivity index (χ2n) is 5.41. The molecule has 0 saturated carbocycles. The second-order valence-corrected chi connectivity index (χ2v) is 5.41. The molecule has 0 spiro atoms. The molecule has 2 aliphatic heterocycles. The van der Waals surface area contributed by atoms with Crippen LogP contribution in [0.1, 0.15) is 6.42 Å². The Morgan fingerprint density at radius 3 is 2.05 bits per heavy atom. The Morgan fingerprint density at radius 1 is 0.818 bits per heavy atom. The van der Waals surface area contributed by atoms with Gasteiger partial charge in [-0.1, -0.05) is 0 Å². The van der Waals surface area contributed by atoms with Crippen molar-refractivity contribution < 1.29 is 50.0 Å². The Bertz CT molecular complexity index is 353. The fourth-order valence-electron chi connectivity index (χ4n) is 2.58. The summed E-state index contributed by atoms with van der Waals surface area (Å²) in [6.07, 6.45) is -12.2. The standard InChI is InChI=1S/C12H22O10/c13-2-5-8(17)9(18)10(19)12(21-5)22-11-4(15)1-7(16)20-6(11)3-14/h4-19H,1-3H2/t4-,5-,6-,7+,8+,9+,10-,11-,12+/m1/s1. The van der Waals surface area contributed by atoms with E-state index >= 15 is 0 Å². The first-order chi connectivity index (χ1) is 10.4. The van der Waals surface area contributed by atoms with E-state index in [2.05, 4.69) is 0 Å². The highest BCUT2D eigenvalue weighted by atomic mass is 16.7. The van der Waals surface area contributed by atoms with Crippen LogP contribution in [0.3, 0.4) is 0 Å². The lowest BCUT2D eigenvalue weighted by Gasteiger charge is -2.44. The predicted molar refractivity (Wildman–Crippen MR) is 67.2 cm³/mol. The number of ether oxygens (including phenoxy) is 3. The van der Waals surface area contributed by atoms with Crippen molar-refractivity contribution in [3.63, 3.8) is 0 Å². The average molecular weight is 326 g/mol. The van der Waals surface area contributed by atoms with Crippen molar-refractivity contribution in [3.8, 4) is 0 Å². The van der Waals surface area contributed by atoms with Crippen molar-refractivity contribution in [3.05, 3.63) is 0 Å². The van der Waals surface area contributed by atoms with Gasteiger partial charge in [-0.2, -0.15) is 0 Å². The molecule has 130 valence electrons. The first-order valence-corrected chi connectivity index (χ1v) is 6.97. The predicted octanol–water partition coefficient (Wildman–Crippen LogP) is -4.37. The van der Waals surface area contributed by atoms with E-state index in [1.165, 1.54) is 0 Å². The van der Waals surface area contributed by atoms with Crippen LogP contribution in [0.15, 0.2) is 0 Å². The minimum absolute atomic E-state index is 0.168. The maximum atomic E-state index is 9.92. The Morgan fingerprint density at radius 2 is 1.45 bits per heavy atom. The lowest BCUT2D eigenvalue weighted by Crippen LogP contribution is -2.62. The zero-order valence-corrected chi connectivity index (χ0v) is 11.7. The van der Waals surface area contributed by atoms with Crippen molar-refractivity contribution in [2.24, 2.45) is 0 Å². The van der Waals surface area contributed by atoms with Crippen molar-refractivity contribution in [2.75, 3.05) is 13.2 Å². The zero-order chi connectivity index (χ0) is 16.4. The topological polar surface area (TPSA) is 169 Å². The molecule has 0 radical (unpaired) electrons. The summed E-state index contributed by atoms with van der Waals surface area (Å²) in [5, 5.41) is 66.8. The molecule has 0 bridgehead atoms. The summed E-state index contributed by atoms with van der Waals surface area (Å²) in [6.45, 7) is -1.17. The van der Waals surface area contributed by atoms with Crippen LogP contribution < -0.4 is 0 Å². The number of rotatable bonds is 4. The van der Waals surface area contributed by atoms with Gasteiger partial charge >= 0.3 is 0 Å². The Labute approximate surface area is 126 Å². The lowest BCUT2D eigenvalue weighted by molar-refractivity contribution is -0.342. The Hall–Kier alpha value is -0.400. The van der Waals surface area contributed by atoms with E-state index in [1.54, 1.807) is 0 Å². The molecular weight excluding hydrogens is 304 g/mol. The molecule has 0 aromatic heterocycles. The summed E-state index contributed by atoms with van der Waals surface area (Å²) in [7, 11) is 0. The minimum atomic E-state index is -1.63. The summed E-state index contributed by atoms with van der Waals surface area (Å²) < 4.78 is 15.5. The maximum Gasteiger partial charge on any atom is 0.187 e. The van der Waals surface area contributed by atoms with Gasteiger partial charge in [0.15, 0.2) is 12.6 Å². The molecule has 2 heterocycles. The van der Waals surface area contributed by atoms with Gasteiger partial charge in [-0.05, 0) is 0 Å². The minimum Gasteiger partial charge on any atom is -0.394 e. The third-order valence-electron chi connectivity index (χ3n) is 3.84. The number of aliphatic hydroxyl groups is 7. The van der Waals surface area contributed by atoms with E-state index in [9.17, 15) is 30.6 Å². The molecule has 0 aromatic rings. The van der Waals surface area contributed by atoms with Crippen LogP contribution in [0, 0.1) is 0 Å². The maximum absolute atomic E-state index is 9.92. The molecule has 10 heteroatoms. The molecule has 0 aromatic carbocycles. The van der Waals surface area contributed by atoms with E-state index in [-0.39, 0.29) is 6.42 Å². The highest BCUT2D eigenvalue weighted by molar-refractivity contribution is 4.91. The fraction of sp³-hybridized carbons (Fsp3) is 1.00. The van der Waals surface area contributed by atoms with Crippen molar-refractivity contribution in [1.29, 1.82) is 0 Å². The van der Waals surface area contributed by atoms with Gasteiger partial charge in [0, 0.05) is 6.42 Å². The van der Waals surface area contributed by atoms with Gasteiger partial charge in [-0.3, -0.25) is 0 Å². The van der Waals surface area contributed by atoms with Crippen LogP contribution >= 0.6 is 0 Å². The SMILES string of the molecule is OC[C@H]1O[C@@H](O[C@@H]2[C@H](O)C[C@@H](O)O[C@@H]2CO)[C@H](O)[C@@H](O)[C@H]1O. The van der Waals surface area contributed by atoms with Crippen LogP contribution in [0.4, 0.5) is 0 Å². The molecular formula is C12H22O10. The molecule has 9 atom stereocenters. The molecule has 2 fully saturated rings. The third kappa shape index (κ3) is 3.57. The summed E-state index contributed by atoms with van der Waals surface area (Å²) >= 11 is 0. The van der Waals surface area contributed by atoms with Crippen LogP contribution in [0.2, 0.25) is 0 Å². The quantitative estimate of drug-likeness (QED) is 0.268. The van der Waals surface area contributed by atoms with E-state index in [0.717, 1.165) is 0 Å². The number of aliphatic hydroxyl groups excluding tert-OH is 7. The first kappa shape index (κ1) is 17.9. The molecule has 22 heavy (non-hydrogen) atoms. The normalized spacial score (nSPS) is 50.0. The monoisotopic (exact) mass is 326 g/mol. The van der Waals surface area contributed by atoms with E-state index in [1.807, 2.05) is 0 Å². The zero-order valence-electron chi connectivity index (χ0n) is 11.7. The van der Waals surface area contributed by atoms with Crippen LogP contribution in [-0.2, 0) is 14.2 Å². The molecule has 0 unspecified atom stereocenters. The van der Waals surface area contributed by atoms with Crippen molar-refractivity contribution in [1.82, 2.24) is 0 Å². The van der Waals surface area contributed by atoms with Gasteiger partial charge in [-0.25, -0.2) is 0 Å². The second kappa shape index (κ2) is 7.45. The molecule has 2 saturated heterocycles.